The highest BCUT2D eigenvalue weighted by molar-refractivity contribution is 7.91. The first-order valence-electron chi connectivity index (χ1n) is 8.68. The first-order chi connectivity index (χ1) is 11.9. The summed E-state index contributed by atoms with van der Waals surface area (Å²) in [4.78, 5) is 25.6. The normalized spacial score (nSPS) is 24.0. The Hall–Kier alpha value is -1.89. The Bertz CT molecular complexity index is 742. The van der Waals surface area contributed by atoms with Crippen LogP contribution in [-0.2, 0) is 14.6 Å². The molecule has 0 bridgehead atoms. The van der Waals surface area contributed by atoms with Gasteiger partial charge in [0.15, 0.2) is 0 Å². The molecule has 0 radical (unpaired) electrons. The highest BCUT2D eigenvalue weighted by Gasteiger charge is 2.33. The van der Waals surface area contributed by atoms with E-state index in [4.69, 9.17) is 5.11 Å². The van der Waals surface area contributed by atoms with Crippen LogP contribution in [0.3, 0.4) is 0 Å². The number of likely N-dealkylation sites (tertiary alicyclic amines) is 1. The largest absolute Gasteiger partial charge is 0.478 e. The highest BCUT2D eigenvalue weighted by atomic mass is 32.2. The van der Waals surface area contributed by atoms with Crippen molar-refractivity contribution in [1.82, 2.24) is 4.90 Å². The molecule has 2 aliphatic heterocycles. The number of carboxylic acids is 1. The van der Waals surface area contributed by atoms with Crippen LogP contribution in [0.2, 0.25) is 0 Å². The molecule has 2 aliphatic rings. The zero-order chi connectivity index (χ0) is 18.0. The first kappa shape index (κ1) is 17.9. The Balaban J connectivity index is 1.64. The maximum Gasteiger partial charge on any atom is 0.335 e. The molecule has 6 nitrogen and oxygen atoms in total. The summed E-state index contributed by atoms with van der Waals surface area (Å²) in [6.45, 7) is 1.33. The van der Waals surface area contributed by atoms with E-state index in [1.807, 2.05) is 17.0 Å². The van der Waals surface area contributed by atoms with Crippen molar-refractivity contribution in [2.24, 2.45) is 5.92 Å². The summed E-state index contributed by atoms with van der Waals surface area (Å²) in [6, 6.07) is 6.86. The fourth-order valence-corrected chi connectivity index (χ4v) is 5.23. The lowest BCUT2D eigenvalue weighted by Crippen LogP contribution is -2.44. The summed E-state index contributed by atoms with van der Waals surface area (Å²) in [7, 11) is -2.96. The second-order valence-electron chi connectivity index (χ2n) is 6.98. The summed E-state index contributed by atoms with van der Waals surface area (Å²) in [5, 5.41) is 8.99. The van der Waals surface area contributed by atoms with Gasteiger partial charge in [-0.2, -0.15) is 0 Å². The molecule has 1 unspecified atom stereocenters. The van der Waals surface area contributed by atoms with E-state index in [0.717, 1.165) is 18.4 Å². The Morgan fingerprint density at radius 1 is 1.04 bits per heavy atom. The monoisotopic (exact) mass is 365 g/mol. The summed E-state index contributed by atoms with van der Waals surface area (Å²) >= 11 is 0. The minimum Gasteiger partial charge on any atom is -0.478 e. The number of nitrogens with zero attached hydrogens (tertiary/aromatic N) is 1. The Morgan fingerprint density at radius 2 is 1.68 bits per heavy atom. The Kier molecular flexibility index (Phi) is 5.13. The topological polar surface area (TPSA) is 91.8 Å². The molecule has 0 aromatic heterocycles. The summed E-state index contributed by atoms with van der Waals surface area (Å²) < 4.78 is 23.1. The number of aromatic carboxylic acids is 1. The average Bonchev–Trinajstić information content (AvgIpc) is 2.61. The van der Waals surface area contributed by atoms with Crippen LogP contribution in [0, 0.1) is 5.92 Å². The second-order valence-corrected chi connectivity index (χ2v) is 9.28. The number of benzene rings is 1. The number of hydrogen-bond acceptors (Lipinski definition) is 4. The van der Waals surface area contributed by atoms with Crippen molar-refractivity contribution in [2.45, 2.75) is 31.6 Å². The zero-order valence-electron chi connectivity index (χ0n) is 14.1. The fourth-order valence-electron chi connectivity index (χ4n) is 3.74. The molecule has 1 amide bonds. The Morgan fingerprint density at radius 3 is 2.28 bits per heavy atom. The maximum atomic E-state index is 12.7. The molecule has 1 aromatic carbocycles. The number of carbonyl (C=O) groups is 2. The van der Waals surface area contributed by atoms with Crippen molar-refractivity contribution >= 4 is 21.7 Å². The van der Waals surface area contributed by atoms with Gasteiger partial charge in [0.25, 0.3) is 0 Å². The molecule has 136 valence electrons. The standard InChI is InChI=1S/C18H23NO5S/c20-17(14-7-10-25(23,24)11-8-14)19-9-1-2-16(12-19)13-3-5-15(6-4-13)18(21)22/h3-6,14,16H,1-2,7-12H2,(H,21,22). The van der Waals surface area contributed by atoms with Crippen molar-refractivity contribution < 1.29 is 23.1 Å². The van der Waals surface area contributed by atoms with E-state index < -0.39 is 15.8 Å². The molecule has 25 heavy (non-hydrogen) atoms. The van der Waals surface area contributed by atoms with E-state index in [2.05, 4.69) is 0 Å². The lowest BCUT2D eigenvalue weighted by Gasteiger charge is -2.36. The first-order valence-corrected chi connectivity index (χ1v) is 10.5. The van der Waals surface area contributed by atoms with Gasteiger partial charge in [0.1, 0.15) is 9.84 Å². The van der Waals surface area contributed by atoms with E-state index in [1.165, 1.54) is 0 Å². The number of amides is 1. The second kappa shape index (κ2) is 7.15. The van der Waals surface area contributed by atoms with Gasteiger partial charge in [-0.3, -0.25) is 4.79 Å². The van der Waals surface area contributed by atoms with Crippen LogP contribution in [-0.4, -0.2) is 54.9 Å². The number of carbonyl (C=O) groups excluding carboxylic acids is 1. The van der Waals surface area contributed by atoms with Gasteiger partial charge in [0.05, 0.1) is 17.1 Å². The zero-order valence-corrected chi connectivity index (χ0v) is 14.9. The van der Waals surface area contributed by atoms with E-state index in [9.17, 15) is 18.0 Å². The highest BCUT2D eigenvalue weighted by Crippen LogP contribution is 2.29. The average molecular weight is 365 g/mol. The third-order valence-electron chi connectivity index (χ3n) is 5.27. The molecule has 1 aromatic rings. The fraction of sp³-hybridized carbons (Fsp3) is 0.556. The van der Waals surface area contributed by atoms with Gasteiger partial charge < -0.3 is 10.0 Å². The number of rotatable bonds is 3. The van der Waals surface area contributed by atoms with E-state index in [-0.39, 0.29) is 34.8 Å². The predicted octanol–water partition coefficient (Wildman–Crippen LogP) is 1.92. The molecule has 7 heteroatoms. The minimum absolute atomic E-state index is 0.0711. The van der Waals surface area contributed by atoms with Crippen molar-refractivity contribution in [2.75, 3.05) is 24.6 Å². The quantitative estimate of drug-likeness (QED) is 0.883. The smallest absolute Gasteiger partial charge is 0.335 e. The molecule has 1 N–H and O–H groups in total. The number of hydrogen-bond donors (Lipinski definition) is 1. The van der Waals surface area contributed by atoms with Crippen LogP contribution in [0.4, 0.5) is 0 Å². The molecule has 3 rings (SSSR count). The van der Waals surface area contributed by atoms with Gasteiger partial charge in [-0.1, -0.05) is 12.1 Å². The van der Waals surface area contributed by atoms with E-state index >= 15 is 0 Å². The van der Waals surface area contributed by atoms with Crippen LogP contribution < -0.4 is 0 Å². The molecule has 0 saturated carbocycles. The van der Waals surface area contributed by atoms with Gasteiger partial charge in [-0.15, -0.1) is 0 Å². The molecular formula is C18H23NO5S. The van der Waals surface area contributed by atoms with E-state index in [1.54, 1.807) is 12.1 Å². The lowest BCUT2D eigenvalue weighted by molar-refractivity contribution is -0.137. The molecule has 2 saturated heterocycles. The van der Waals surface area contributed by atoms with Crippen LogP contribution in [0.25, 0.3) is 0 Å². The van der Waals surface area contributed by atoms with Crippen LogP contribution in [0.1, 0.15) is 47.5 Å². The van der Waals surface area contributed by atoms with Gasteiger partial charge in [-0.05, 0) is 43.4 Å². The molecule has 0 spiro atoms. The number of piperidine rings is 1. The van der Waals surface area contributed by atoms with Gasteiger partial charge in [-0.25, -0.2) is 13.2 Å². The van der Waals surface area contributed by atoms with Gasteiger partial charge in [0, 0.05) is 24.9 Å². The molecule has 2 heterocycles. The van der Waals surface area contributed by atoms with Crippen LogP contribution >= 0.6 is 0 Å². The molecular weight excluding hydrogens is 342 g/mol. The lowest BCUT2D eigenvalue weighted by atomic mass is 9.89. The van der Waals surface area contributed by atoms with Crippen LogP contribution in [0.15, 0.2) is 24.3 Å². The van der Waals surface area contributed by atoms with Crippen molar-refractivity contribution in [1.29, 1.82) is 0 Å². The Labute approximate surface area is 147 Å². The summed E-state index contributed by atoms with van der Waals surface area (Å²) in [5.74, 6) is -0.639. The third kappa shape index (κ3) is 4.21. The summed E-state index contributed by atoms with van der Waals surface area (Å²) in [5.41, 5.74) is 1.31. The van der Waals surface area contributed by atoms with Crippen LogP contribution in [0.5, 0.6) is 0 Å². The molecule has 0 aliphatic carbocycles. The van der Waals surface area contributed by atoms with E-state index in [0.29, 0.717) is 25.9 Å². The van der Waals surface area contributed by atoms with Gasteiger partial charge >= 0.3 is 5.97 Å². The molecule has 1 atom stereocenters. The third-order valence-corrected chi connectivity index (χ3v) is 6.98. The SMILES string of the molecule is O=C(O)c1ccc(C2CCCN(C(=O)C3CCS(=O)(=O)CC3)C2)cc1. The van der Waals surface area contributed by atoms with Crippen molar-refractivity contribution in [3.63, 3.8) is 0 Å². The maximum absolute atomic E-state index is 12.7. The molecule has 2 fully saturated rings. The minimum atomic E-state index is -2.96. The number of sulfone groups is 1. The van der Waals surface area contributed by atoms with Crippen molar-refractivity contribution in [3.05, 3.63) is 35.4 Å². The summed E-state index contributed by atoms with van der Waals surface area (Å²) in [6.07, 6.45) is 2.72. The predicted molar refractivity (Wildman–Crippen MR) is 93.3 cm³/mol. The number of carboxylic acid groups (broad SMARTS) is 1. The van der Waals surface area contributed by atoms with Crippen molar-refractivity contribution in [3.8, 4) is 0 Å². The van der Waals surface area contributed by atoms with Gasteiger partial charge in [0.2, 0.25) is 5.91 Å².